The zero-order chi connectivity index (χ0) is 32.7. The molecule has 0 radical (unpaired) electrons. The van der Waals surface area contributed by atoms with Gasteiger partial charge >= 0.3 is 0 Å². The Morgan fingerprint density at radius 1 is 0.909 bits per heavy atom. The fraction of sp³-hybridized carbons (Fsp3) is 0.516. The number of aliphatic hydroxyl groups excluding tert-OH is 1. The first-order chi connectivity index (χ1) is 20.3. The molecule has 13 heteroatoms. The van der Waals surface area contributed by atoms with E-state index < -0.39 is 61.1 Å². The van der Waals surface area contributed by atoms with Crippen molar-refractivity contribution in [3.63, 3.8) is 0 Å². The van der Waals surface area contributed by atoms with Crippen molar-refractivity contribution in [2.45, 2.75) is 95.5 Å². The quantitative estimate of drug-likeness (QED) is 0.160. The number of ether oxygens (including phenoxy) is 1. The summed E-state index contributed by atoms with van der Waals surface area (Å²) >= 11 is 8.28. The largest absolute Gasteiger partial charge is 0.409 e. The van der Waals surface area contributed by atoms with Crippen LogP contribution in [0.1, 0.15) is 16.0 Å². The maximum atomic E-state index is 13.3. The first-order valence-corrected chi connectivity index (χ1v) is 26.2. The molecule has 0 bridgehead atoms. The van der Waals surface area contributed by atoms with Gasteiger partial charge in [0.2, 0.25) is 11.7 Å². The molecule has 1 fully saturated rings. The zero-order valence-electron chi connectivity index (χ0n) is 27.0. The fourth-order valence-electron chi connectivity index (χ4n) is 5.23. The summed E-state index contributed by atoms with van der Waals surface area (Å²) in [7, 11) is -6.63. The van der Waals surface area contributed by atoms with Crippen LogP contribution in [0.25, 0.3) is 10.4 Å². The third-order valence-electron chi connectivity index (χ3n) is 6.84. The van der Waals surface area contributed by atoms with E-state index in [2.05, 4.69) is 63.9 Å². The maximum absolute atomic E-state index is 13.3. The molecule has 4 rings (SSSR count). The van der Waals surface area contributed by atoms with Gasteiger partial charge in [0.05, 0.1) is 6.61 Å². The Bertz CT molecular complexity index is 1430. The average molecular weight is 698 g/mol. The van der Waals surface area contributed by atoms with Gasteiger partial charge in [-0.3, -0.25) is 0 Å². The number of hydrogen-bond acceptors (Lipinski definition) is 8. The van der Waals surface area contributed by atoms with Gasteiger partial charge in [-0.05, 0) is 101 Å². The van der Waals surface area contributed by atoms with Crippen LogP contribution >= 0.6 is 22.9 Å². The van der Waals surface area contributed by atoms with Crippen molar-refractivity contribution in [2.75, 3.05) is 6.61 Å². The molecule has 0 amide bonds. The number of rotatable bonds is 11. The molecule has 2 N–H and O–H groups in total. The highest BCUT2D eigenvalue weighted by molar-refractivity contribution is 7.15. The number of aromatic nitrogens is 1. The number of pyridine rings is 1. The van der Waals surface area contributed by atoms with E-state index in [1.54, 1.807) is 29.5 Å². The molecule has 0 spiro atoms. The van der Waals surface area contributed by atoms with Crippen molar-refractivity contribution in [2.24, 2.45) is 0 Å². The van der Waals surface area contributed by atoms with E-state index in [0.29, 0.717) is 17.0 Å². The molecule has 2 aromatic heterocycles. The lowest BCUT2D eigenvalue weighted by molar-refractivity contribution is -0.349. The van der Waals surface area contributed by atoms with Crippen molar-refractivity contribution >= 4 is 47.9 Å². The molecule has 1 saturated heterocycles. The molecule has 242 valence electrons. The minimum absolute atomic E-state index is 0.362. The third kappa shape index (κ3) is 8.94. The zero-order valence-corrected chi connectivity index (χ0v) is 31.6. The number of aliphatic hydroxyl groups is 2. The molecule has 1 aromatic carbocycles. The molecule has 1 aliphatic heterocycles. The second-order valence-electron chi connectivity index (χ2n) is 14.2. The highest BCUT2D eigenvalue weighted by atomic mass is 35.5. The topological polar surface area (TPSA) is 90.3 Å². The van der Waals surface area contributed by atoms with Gasteiger partial charge in [0.15, 0.2) is 25.0 Å². The Morgan fingerprint density at radius 3 is 2.11 bits per heavy atom. The summed E-state index contributed by atoms with van der Waals surface area (Å²) in [6, 6.07) is 12.4. The van der Waals surface area contributed by atoms with E-state index in [1.165, 1.54) is 12.3 Å². The maximum Gasteiger partial charge on any atom is 0.221 e. The second-order valence-corrected chi connectivity index (χ2v) is 29.2. The first-order valence-electron chi connectivity index (χ1n) is 14.8. The molecular weight excluding hydrogens is 653 g/mol. The van der Waals surface area contributed by atoms with Gasteiger partial charge in [0.1, 0.15) is 24.4 Å². The summed E-state index contributed by atoms with van der Waals surface area (Å²) in [5.41, 5.74) is 2.09. The van der Waals surface area contributed by atoms with Crippen LogP contribution in [-0.4, -0.2) is 71.2 Å². The van der Waals surface area contributed by atoms with E-state index >= 15 is 0 Å². The number of benzene rings is 1. The average Bonchev–Trinajstić information content (AvgIpc) is 3.36. The minimum atomic E-state index is -2.29. The molecule has 1 aliphatic rings. The number of hydrogen-bond donors (Lipinski definition) is 2. The summed E-state index contributed by atoms with van der Waals surface area (Å²) in [6.45, 7) is 18.3. The lowest BCUT2D eigenvalue weighted by Gasteiger charge is -2.54. The molecule has 44 heavy (non-hydrogen) atoms. The Hall–Kier alpha value is -1.30. The Morgan fingerprint density at radius 2 is 1.55 bits per heavy atom. The lowest BCUT2D eigenvalue weighted by atomic mass is 9.87. The Labute approximate surface area is 272 Å². The summed E-state index contributed by atoms with van der Waals surface area (Å²) in [5.74, 6) is -2.47. The highest BCUT2D eigenvalue weighted by Crippen LogP contribution is 2.44. The molecule has 3 aromatic rings. The Balaban J connectivity index is 1.76. The van der Waals surface area contributed by atoms with E-state index in [0.717, 1.165) is 20.9 Å². The minimum Gasteiger partial charge on any atom is -0.409 e. The van der Waals surface area contributed by atoms with Crippen LogP contribution < -0.4 is 0 Å². The van der Waals surface area contributed by atoms with Crippen molar-refractivity contribution in [3.8, 4) is 10.4 Å². The van der Waals surface area contributed by atoms with E-state index in [1.807, 2.05) is 18.2 Å². The van der Waals surface area contributed by atoms with Crippen molar-refractivity contribution in [3.05, 3.63) is 75.6 Å². The van der Waals surface area contributed by atoms with Crippen molar-refractivity contribution < 1.29 is 32.6 Å². The molecule has 3 unspecified atom stereocenters. The van der Waals surface area contributed by atoms with Gasteiger partial charge in [-0.25, -0.2) is 4.98 Å². The van der Waals surface area contributed by atoms with Gasteiger partial charge in [-0.1, -0.05) is 17.7 Å². The van der Waals surface area contributed by atoms with Crippen LogP contribution in [0.2, 0.25) is 63.9 Å². The second kappa shape index (κ2) is 13.4. The molecule has 7 nitrogen and oxygen atoms in total. The fourth-order valence-corrected chi connectivity index (χ4v) is 9.67. The van der Waals surface area contributed by atoms with E-state index in [-0.39, 0.29) is 6.61 Å². The van der Waals surface area contributed by atoms with Gasteiger partial charge in [-0.15, -0.1) is 11.3 Å². The monoisotopic (exact) mass is 697 g/mol. The number of nitrogens with zero attached hydrogens (tertiary/aromatic N) is 1. The van der Waals surface area contributed by atoms with Crippen molar-refractivity contribution in [1.82, 2.24) is 4.98 Å². The molecule has 5 atom stereocenters. The predicted molar refractivity (Wildman–Crippen MR) is 182 cm³/mol. The number of halogens is 2. The normalized spacial score (nSPS) is 24.9. The highest BCUT2D eigenvalue weighted by Gasteiger charge is 2.59. The summed E-state index contributed by atoms with van der Waals surface area (Å²) < 4.78 is 39.9. The van der Waals surface area contributed by atoms with Gasteiger partial charge in [-0.2, -0.15) is 4.39 Å². The van der Waals surface area contributed by atoms with E-state index in [4.69, 9.17) is 29.6 Å². The predicted octanol–water partition coefficient (Wildman–Crippen LogP) is 7.39. The Kier molecular flexibility index (Phi) is 10.9. The molecule has 3 heterocycles. The van der Waals surface area contributed by atoms with Crippen LogP contribution in [0, 0.1) is 5.95 Å². The van der Waals surface area contributed by atoms with Gasteiger partial charge < -0.3 is 28.2 Å². The van der Waals surface area contributed by atoms with Crippen LogP contribution in [0.4, 0.5) is 4.39 Å². The summed E-state index contributed by atoms with van der Waals surface area (Å²) in [5, 5.41) is 23.7. The van der Waals surface area contributed by atoms with E-state index in [9.17, 15) is 14.6 Å². The SMILES string of the molecule is C[Si](C)(C)OC1[C@H](O[Si](C)(C)C)C(CO)OC(O)(c2ccc(Cl)c(Cc3ccc(-c4ccc(F)nc4)s3)c2)[C@@H]1O[Si](C)(C)C. The lowest BCUT2D eigenvalue weighted by Crippen LogP contribution is -2.69. The molecular formula is C31H45ClFNO6SSi3. The summed E-state index contributed by atoms with van der Waals surface area (Å²) in [6.07, 6.45) is -1.06. The standard InChI is InChI=1S/C31H45ClFNO6SSi3/c1-42(2,3)38-28-25(19-35)37-31(36,30(40-44(7,8)9)29(28)39-43(4,5)6)22-11-13-24(32)21(16-22)17-23-12-14-26(41-23)20-10-15-27(33)34-18-20/h10-16,18,25,28-30,35-36H,17,19H2,1-9H3/t25?,28-,29?,30-,31?/m1/s1. The first kappa shape index (κ1) is 35.6. The third-order valence-corrected chi connectivity index (χ3v) is 11.3. The van der Waals surface area contributed by atoms with Crippen LogP contribution in [0.5, 0.6) is 0 Å². The van der Waals surface area contributed by atoms with Gasteiger partial charge in [0.25, 0.3) is 0 Å². The van der Waals surface area contributed by atoms with Crippen LogP contribution in [-0.2, 0) is 30.2 Å². The molecule has 0 aliphatic carbocycles. The van der Waals surface area contributed by atoms with Crippen LogP contribution in [0.15, 0.2) is 48.7 Å². The molecule has 0 saturated carbocycles. The smallest absolute Gasteiger partial charge is 0.221 e. The summed E-state index contributed by atoms with van der Waals surface area (Å²) in [4.78, 5) is 5.76. The van der Waals surface area contributed by atoms with Gasteiger partial charge in [0, 0.05) is 38.5 Å². The van der Waals surface area contributed by atoms with Crippen LogP contribution in [0.3, 0.4) is 0 Å². The van der Waals surface area contributed by atoms with Crippen molar-refractivity contribution in [1.29, 1.82) is 0 Å². The number of thiophene rings is 1.